The van der Waals surface area contributed by atoms with Gasteiger partial charge >= 0.3 is 0 Å². The molecule has 1 aliphatic heterocycles. The molecule has 1 fully saturated rings. The summed E-state index contributed by atoms with van der Waals surface area (Å²) in [4.78, 5) is 33.9. The van der Waals surface area contributed by atoms with E-state index < -0.39 is 11.7 Å². The van der Waals surface area contributed by atoms with E-state index in [1.54, 1.807) is 40.6 Å². The van der Waals surface area contributed by atoms with Crippen LogP contribution in [0.5, 0.6) is 0 Å². The lowest BCUT2D eigenvalue weighted by Crippen LogP contribution is -2.48. The van der Waals surface area contributed by atoms with Gasteiger partial charge in [-0.05, 0) is 42.5 Å². The van der Waals surface area contributed by atoms with Crippen LogP contribution in [-0.4, -0.2) is 47.9 Å². The summed E-state index contributed by atoms with van der Waals surface area (Å²) in [6.07, 6.45) is 1.77. The van der Waals surface area contributed by atoms with Gasteiger partial charge in [-0.15, -0.1) is 11.3 Å². The third-order valence-electron chi connectivity index (χ3n) is 4.82. The fourth-order valence-corrected chi connectivity index (χ4v) is 4.11. The Labute approximate surface area is 181 Å². The predicted molar refractivity (Wildman–Crippen MR) is 116 cm³/mol. The smallest absolute Gasteiger partial charge is 0.256 e. The Bertz CT molecular complexity index is 1050. The maximum Gasteiger partial charge on any atom is 0.256 e. The van der Waals surface area contributed by atoms with E-state index in [0.29, 0.717) is 42.5 Å². The summed E-state index contributed by atoms with van der Waals surface area (Å²) in [5, 5.41) is 6.00. The minimum Gasteiger partial charge on any atom is -0.345 e. The van der Waals surface area contributed by atoms with Crippen molar-refractivity contribution in [3.63, 3.8) is 0 Å². The van der Waals surface area contributed by atoms with E-state index in [0.717, 1.165) is 5.13 Å². The zero-order valence-corrected chi connectivity index (χ0v) is 17.4. The molecule has 2 heterocycles. The van der Waals surface area contributed by atoms with Crippen molar-refractivity contribution in [1.29, 1.82) is 0 Å². The molecule has 1 N–H and O–H groups in total. The molecule has 154 valence electrons. The number of piperazine rings is 1. The van der Waals surface area contributed by atoms with Crippen LogP contribution < -0.4 is 10.2 Å². The van der Waals surface area contributed by atoms with Gasteiger partial charge in [-0.1, -0.05) is 11.6 Å². The van der Waals surface area contributed by atoms with Gasteiger partial charge in [0.15, 0.2) is 5.13 Å². The molecule has 0 spiro atoms. The molecular formula is C21H18ClFN4O2S. The van der Waals surface area contributed by atoms with Gasteiger partial charge in [-0.2, -0.15) is 0 Å². The van der Waals surface area contributed by atoms with E-state index in [1.807, 2.05) is 5.38 Å². The van der Waals surface area contributed by atoms with Gasteiger partial charge in [-0.3, -0.25) is 9.59 Å². The molecule has 0 saturated carbocycles. The van der Waals surface area contributed by atoms with Crippen molar-refractivity contribution >= 4 is 45.6 Å². The van der Waals surface area contributed by atoms with Crippen LogP contribution in [0.3, 0.4) is 0 Å². The number of nitrogens with zero attached hydrogens (tertiary/aromatic N) is 3. The first-order valence-corrected chi connectivity index (χ1v) is 10.6. The molecular weight excluding hydrogens is 427 g/mol. The monoisotopic (exact) mass is 444 g/mol. The Hall–Kier alpha value is -2.97. The average molecular weight is 445 g/mol. The summed E-state index contributed by atoms with van der Waals surface area (Å²) < 4.78 is 13.1. The second-order valence-electron chi connectivity index (χ2n) is 6.74. The first kappa shape index (κ1) is 20.3. The molecule has 0 aliphatic carbocycles. The van der Waals surface area contributed by atoms with Crippen molar-refractivity contribution in [2.45, 2.75) is 0 Å². The van der Waals surface area contributed by atoms with Crippen molar-refractivity contribution < 1.29 is 14.0 Å². The standard InChI is InChI=1S/C21H18ClFN4O2S/c22-15-3-6-17(18(13-15)25-19(28)14-1-4-16(23)5-2-14)20(29)26-8-10-27(11-9-26)21-24-7-12-30-21/h1-7,12-13H,8-11H2,(H,25,28). The van der Waals surface area contributed by atoms with Gasteiger partial charge in [-0.25, -0.2) is 9.37 Å². The molecule has 3 aromatic rings. The van der Waals surface area contributed by atoms with Gasteiger partial charge in [0.1, 0.15) is 5.82 Å². The second kappa shape index (κ2) is 8.81. The highest BCUT2D eigenvalue weighted by Gasteiger charge is 2.25. The lowest BCUT2D eigenvalue weighted by Gasteiger charge is -2.34. The largest absolute Gasteiger partial charge is 0.345 e. The summed E-state index contributed by atoms with van der Waals surface area (Å²) in [6.45, 7) is 2.47. The summed E-state index contributed by atoms with van der Waals surface area (Å²) >= 11 is 7.67. The summed E-state index contributed by atoms with van der Waals surface area (Å²) in [7, 11) is 0. The maximum atomic E-state index is 13.1. The first-order valence-electron chi connectivity index (χ1n) is 9.31. The number of carbonyl (C=O) groups is 2. The normalized spacial score (nSPS) is 13.9. The van der Waals surface area contributed by atoms with Crippen LogP contribution in [-0.2, 0) is 0 Å². The van der Waals surface area contributed by atoms with Crippen LogP contribution in [0.4, 0.5) is 15.2 Å². The van der Waals surface area contributed by atoms with E-state index in [-0.39, 0.29) is 11.5 Å². The number of thiazole rings is 1. The van der Waals surface area contributed by atoms with Gasteiger partial charge in [0.25, 0.3) is 11.8 Å². The molecule has 4 rings (SSSR count). The number of halogens is 2. The number of hydrogen-bond acceptors (Lipinski definition) is 5. The number of carbonyl (C=O) groups excluding carboxylic acids is 2. The number of benzene rings is 2. The molecule has 0 radical (unpaired) electrons. The fraction of sp³-hybridized carbons (Fsp3) is 0.190. The molecule has 9 heteroatoms. The van der Waals surface area contributed by atoms with Gasteiger partial charge in [0.2, 0.25) is 0 Å². The molecule has 0 unspecified atom stereocenters. The van der Waals surface area contributed by atoms with Crippen LogP contribution in [0.2, 0.25) is 5.02 Å². The molecule has 30 heavy (non-hydrogen) atoms. The molecule has 2 aromatic carbocycles. The second-order valence-corrected chi connectivity index (χ2v) is 8.05. The van der Waals surface area contributed by atoms with Gasteiger partial charge < -0.3 is 15.1 Å². The minimum absolute atomic E-state index is 0.181. The molecule has 2 amide bonds. The van der Waals surface area contributed by atoms with Crippen LogP contribution in [0.15, 0.2) is 54.0 Å². The summed E-state index contributed by atoms with van der Waals surface area (Å²) in [6, 6.07) is 9.96. The van der Waals surface area contributed by atoms with Crippen molar-refractivity contribution in [2.75, 3.05) is 36.4 Å². The topological polar surface area (TPSA) is 65.5 Å². The quantitative estimate of drug-likeness (QED) is 0.656. The number of rotatable bonds is 4. The average Bonchev–Trinajstić information content (AvgIpc) is 3.29. The number of nitrogens with one attached hydrogen (secondary N) is 1. The van der Waals surface area contributed by atoms with Crippen molar-refractivity contribution in [3.8, 4) is 0 Å². The van der Waals surface area contributed by atoms with E-state index in [9.17, 15) is 14.0 Å². The highest BCUT2D eigenvalue weighted by Crippen LogP contribution is 2.25. The zero-order chi connectivity index (χ0) is 21.1. The third kappa shape index (κ3) is 4.44. The molecule has 1 aliphatic rings. The zero-order valence-electron chi connectivity index (χ0n) is 15.8. The number of amides is 2. The number of hydrogen-bond donors (Lipinski definition) is 1. The van der Waals surface area contributed by atoms with Crippen LogP contribution in [0, 0.1) is 5.82 Å². The Morgan fingerprint density at radius 1 is 1.07 bits per heavy atom. The number of aromatic nitrogens is 1. The highest BCUT2D eigenvalue weighted by atomic mass is 35.5. The van der Waals surface area contributed by atoms with E-state index in [4.69, 9.17) is 11.6 Å². The molecule has 1 aromatic heterocycles. The van der Waals surface area contributed by atoms with Crippen molar-refractivity contribution in [2.24, 2.45) is 0 Å². The summed E-state index contributed by atoms with van der Waals surface area (Å²) in [5.41, 5.74) is 0.966. The Morgan fingerprint density at radius 2 is 1.80 bits per heavy atom. The van der Waals surface area contributed by atoms with E-state index in [1.165, 1.54) is 24.3 Å². The highest BCUT2D eigenvalue weighted by molar-refractivity contribution is 7.13. The van der Waals surface area contributed by atoms with Crippen molar-refractivity contribution in [3.05, 3.63) is 76.0 Å². The first-order chi connectivity index (χ1) is 14.5. The Morgan fingerprint density at radius 3 is 2.47 bits per heavy atom. The van der Waals surface area contributed by atoms with E-state index in [2.05, 4.69) is 15.2 Å². The lowest BCUT2D eigenvalue weighted by atomic mass is 10.1. The fourth-order valence-electron chi connectivity index (χ4n) is 3.25. The SMILES string of the molecule is O=C(Nc1cc(Cl)ccc1C(=O)N1CCN(c2nccs2)CC1)c1ccc(F)cc1. The maximum absolute atomic E-state index is 13.1. The van der Waals surface area contributed by atoms with Crippen LogP contribution >= 0.6 is 22.9 Å². The van der Waals surface area contributed by atoms with Crippen molar-refractivity contribution in [1.82, 2.24) is 9.88 Å². The molecule has 1 saturated heterocycles. The Balaban J connectivity index is 1.49. The van der Waals surface area contributed by atoms with Gasteiger partial charge in [0.05, 0.1) is 11.3 Å². The molecule has 0 atom stereocenters. The Kier molecular flexibility index (Phi) is 5.96. The lowest BCUT2D eigenvalue weighted by molar-refractivity contribution is 0.0748. The van der Waals surface area contributed by atoms with E-state index >= 15 is 0 Å². The van der Waals surface area contributed by atoms with Crippen LogP contribution in [0.25, 0.3) is 0 Å². The third-order valence-corrected chi connectivity index (χ3v) is 5.89. The summed E-state index contributed by atoms with van der Waals surface area (Å²) in [5.74, 6) is -1.05. The number of anilines is 2. The van der Waals surface area contributed by atoms with Gasteiger partial charge in [0, 0.05) is 48.3 Å². The minimum atomic E-state index is -0.445. The molecule has 0 bridgehead atoms. The van der Waals surface area contributed by atoms with Crippen LogP contribution in [0.1, 0.15) is 20.7 Å². The predicted octanol–water partition coefficient (Wildman–Crippen LogP) is 4.15. The molecule has 6 nitrogen and oxygen atoms in total.